The second kappa shape index (κ2) is 5.02. The number of hydrogen-bond donors (Lipinski definition) is 0. The van der Waals surface area contributed by atoms with Crippen molar-refractivity contribution in [1.29, 1.82) is 0 Å². The maximum absolute atomic E-state index is 12.2. The van der Waals surface area contributed by atoms with E-state index in [1.807, 2.05) is 39.8 Å². The zero-order valence-electron chi connectivity index (χ0n) is 11.2. The average Bonchev–Trinajstić information content (AvgIpc) is 2.56. The number of hydrogen-bond acceptors (Lipinski definition) is 3. The molecule has 0 aliphatic rings. The van der Waals surface area contributed by atoms with Crippen molar-refractivity contribution in [3.05, 3.63) is 50.5 Å². The highest BCUT2D eigenvalue weighted by molar-refractivity contribution is 7.11. The number of carbonyl (C=O) groups excluding carboxylic acids is 1. The molecule has 2 aromatic rings. The Balaban J connectivity index is 2.21. The molecule has 0 aliphatic heterocycles. The molecule has 0 radical (unpaired) electrons. The van der Waals surface area contributed by atoms with E-state index in [-0.39, 0.29) is 5.78 Å². The van der Waals surface area contributed by atoms with E-state index in [1.54, 1.807) is 11.3 Å². The average molecular weight is 259 g/mol. The smallest absolute Gasteiger partial charge is 0.169 e. The van der Waals surface area contributed by atoms with Crippen LogP contribution < -0.4 is 0 Å². The number of thiazole rings is 1. The largest absolute Gasteiger partial charge is 0.294 e. The first-order valence-corrected chi connectivity index (χ1v) is 6.82. The summed E-state index contributed by atoms with van der Waals surface area (Å²) in [6.45, 7) is 8.05. The van der Waals surface area contributed by atoms with E-state index in [0.29, 0.717) is 6.42 Å². The van der Waals surface area contributed by atoms with Crippen LogP contribution in [0.25, 0.3) is 0 Å². The summed E-state index contributed by atoms with van der Waals surface area (Å²) in [4.78, 5) is 17.8. The summed E-state index contributed by atoms with van der Waals surface area (Å²) in [6, 6.07) is 5.97. The lowest BCUT2D eigenvalue weighted by Gasteiger charge is -2.03. The third kappa shape index (κ3) is 2.85. The van der Waals surface area contributed by atoms with Crippen LogP contribution in [-0.2, 0) is 6.42 Å². The second-order valence-corrected chi connectivity index (χ2v) is 6.01. The second-order valence-electron chi connectivity index (χ2n) is 4.73. The molecule has 94 valence electrons. The Morgan fingerprint density at radius 2 is 1.72 bits per heavy atom. The van der Waals surface area contributed by atoms with Gasteiger partial charge in [-0.1, -0.05) is 17.2 Å². The van der Waals surface area contributed by atoms with Crippen LogP contribution in [0.15, 0.2) is 18.2 Å². The summed E-state index contributed by atoms with van der Waals surface area (Å²) in [7, 11) is 0. The monoisotopic (exact) mass is 259 g/mol. The molecule has 1 heterocycles. The lowest BCUT2D eigenvalue weighted by Crippen LogP contribution is -2.04. The molecular weight excluding hydrogens is 242 g/mol. The summed E-state index contributed by atoms with van der Waals surface area (Å²) in [5.41, 5.74) is 4.08. The van der Waals surface area contributed by atoms with Gasteiger partial charge in [0.15, 0.2) is 5.78 Å². The number of benzene rings is 1. The first kappa shape index (κ1) is 13.0. The van der Waals surface area contributed by atoms with Gasteiger partial charge in [0.2, 0.25) is 0 Å². The Kier molecular flexibility index (Phi) is 3.62. The maximum Gasteiger partial charge on any atom is 0.169 e. The molecule has 0 N–H and O–H groups in total. The van der Waals surface area contributed by atoms with Gasteiger partial charge in [0.05, 0.1) is 12.1 Å². The van der Waals surface area contributed by atoms with Gasteiger partial charge in [-0.3, -0.25) is 4.79 Å². The van der Waals surface area contributed by atoms with Crippen LogP contribution in [0.4, 0.5) is 0 Å². The minimum atomic E-state index is 0.149. The predicted molar refractivity (Wildman–Crippen MR) is 75.5 cm³/mol. The normalized spacial score (nSPS) is 10.7. The first-order chi connectivity index (χ1) is 8.45. The topological polar surface area (TPSA) is 30.0 Å². The zero-order chi connectivity index (χ0) is 13.3. The number of ketones is 1. The number of Topliss-reactive ketones (excluding diaryl/α,β-unsaturated/α-hetero) is 1. The Hall–Kier alpha value is -1.48. The molecule has 0 saturated heterocycles. The highest BCUT2D eigenvalue weighted by atomic mass is 32.1. The fraction of sp³-hybridized carbons (Fsp3) is 0.333. The number of carbonyl (C=O) groups is 1. The van der Waals surface area contributed by atoms with Crippen molar-refractivity contribution in [2.75, 3.05) is 0 Å². The van der Waals surface area contributed by atoms with Crippen LogP contribution in [0.2, 0.25) is 0 Å². The van der Waals surface area contributed by atoms with Crippen molar-refractivity contribution < 1.29 is 4.79 Å². The first-order valence-electron chi connectivity index (χ1n) is 6.00. The summed E-state index contributed by atoms with van der Waals surface area (Å²) in [6.07, 6.45) is 0.405. The van der Waals surface area contributed by atoms with Crippen LogP contribution in [0, 0.1) is 27.7 Å². The SMILES string of the molecule is Cc1cc(C)cc(C(=O)Cc2nc(C)c(C)s2)c1. The molecular formula is C15H17NOS. The van der Waals surface area contributed by atoms with Crippen LogP contribution in [0.5, 0.6) is 0 Å². The number of aromatic nitrogens is 1. The van der Waals surface area contributed by atoms with E-state index in [2.05, 4.69) is 11.1 Å². The lowest BCUT2D eigenvalue weighted by atomic mass is 10.0. The highest BCUT2D eigenvalue weighted by Crippen LogP contribution is 2.19. The molecule has 0 spiro atoms. The van der Waals surface area contributed by atoms with Gasteiger partial charge in [-0.15, -0.1) is 11.3 Å². The van der Waals surface area contributed by atoms with Crippen LogP contribution in [0.3, 0.4) is 0 Å². The molecule has 2 nitrogen and oxygen atoms in total. The fourth-order valence-corrected chi connectivity index (χ4v) is 2.92. The fourth-order valence-electron chi connectivity index (χ4n) is 1.99. The molecule has 0 saturated carbocycles. The van der Waals surface area contributed by atoms with Crippen molar-refractivity contribution in [3.8, 4) is 0 Å². The maximum atomic E-state index is 12.2. The van der Waals surface area contributed by atoms with Gasteiger partial charge in [0.1, 0.15) is 5.01 Å². The van der Waals surface area contributed by atoms with E-state index in [4.69, 9.17) is 0 Å². The van der Waals surface area contributed by atoms with Crippen molar-refractivity contribution >= 4 is 17.1 Å². The molecule has 0 bridgehead atoms. The molecule has 0 fully saturated rings. The molecule has 0 amide bonds. The lowest BCUT2D eigenvalue weighted by molar-refractivity contribution is 0.0992. The summed E-state index contributed by atoms with van der Waals surface area (Å²) < 4.78 is 0. The molecule has 2 rings (SSSR count). The van der Waals surface area contributed by atoms with Gasteiger partial charge < -0.3 is 0 Å². The molecule has 0 aliphatic carbocycles. The van der Waals surface area contributed by atoms with Gasteiger partial charge in [0.25, 0.3) is 0 Å². The van der Waals surface area contributed by atoms with Crippen molar-refractivity contribution in [1.82, 2.24) is 4.98 Å². The van der Waals surface area contributed by atoms with Crippen LogP contribution >= 0.6 is 11.3 Å². The summed E-state index contributed by atoms with van der Waals surface area (Å²) >= 11 is 1.61. The standard InChI is InChI=1S/C15H17NOS/c1-9-5-10(2)7-13(6-9)14(17)8-15-16-11(3)12(4)18-15/h5-7H,8H2,1-4H3. The van der Waals surface area contributed by atoms with E-state index in [1.165, 1.54) is 4.88 Å². The van der Waals surface area contributed by atoms with E-state index in [0.717, 1.165) is 27.4 Å². The van der Waals surface area contributed by atoms with Gasteiger partial charge in [0, 0.05) is 10.4 Å². The third-order valence-corrected chi connectivity index (χ3v) is 4.00. The zero-order valence-corrected chi connectivity index (χ0v) is 12.0. The van der Waals surface area contributed by atoms with Crippen molar-refractivity contribution in [2.45, 2.75) is 34.1 Å². The Bertz CT molecular complexity index is 559. The van der Waals surface area contributed by atoms with E-state index in [9.17, 15) is 4.79 Å². The molecule has 1 aromatic carbocycles. The third-order valence-electron chi connectivity index (χ3n) is 2.93. The molecule has 0 unspecified atom stereocenters. The van der Waals surface area contributed by atoms with Crippen LogP contribution in [-0.4, -0.2) is 10.8 Å². The van der Waals surface area contributed by atoms with Gasteiger partial charge in [-0.2, -0.15) is 0 Å². The molecule has 18 heavy (non-hydrogen) atoms. The van der Waals surface area contributed by atoms with Gasteiger partial charge in [-0.05, 0) is 39.8 Å². The summed E-state index contributed by atoms with van der Waals surface area (Å²) in [5, 5.41) is 0.911. The number of nitrogens with zero attached hydrogens (tertiary/aromatic N) is 1. The minimum absolute atomic E-state index is 0.149. The van der Waals surface area contributed by atoms with Gasteiger partial charge in [-0.25, -0.2) is 4.98 Å². The number of rotatable bonds is 3. The Morgan fingerprint density at radius 3 is 2.22 bits per heavy atom. The molecule has 0 atom stereocenters. The quantitative estimate of drug-likeness (QED) is 0.785. The van der Waals surface area contributed by atoms with Crippen molar-refractivity contribution in [2.24, 2.45) is 0 Å². The van der Waals surface area contributed by atoms with Gasteiger partial charge >= 0.3 is 0 Å². The van der Waals surface area contributed by atoms with E-state index >= 15 is 0 Å². The van der Waals surface area contributed by atoms with Crippen molar-refractivity contribution in [3.63, 3.8) is 0 Å². The highest BCUT2D eigenvalue weighted by Gasteiger charge is 2.11. The molecule has 3 heteroatoms. The predicted octanol–water partition coefficient (Wildman–Crippen LogP) is 3.80. The summed E-state index contributed by atoms with van der Waals surface area (Å²) in [5.74, 6) is 0.149. The van der Waals surface area contributed by atoms with Crippen LogP contribution in [0.1, 0.15) is 37.1 Å². The number of aryl methyl sites for hydroxylation is 4. The minimum Gasteiger partial charge on any atom is -0.294 e. The molecule has 1 aromatic heterocycles. The Labute approximate surface area is 112 Å². The Morgan fingerprint density at radius 1 is 1.11 bits per heavy atom. The van der Waals surface area contributed by atoms with E-state index < -0.39 is 0 Å².